The summed E-state index contributed by atoms with van der Waals surface area (Å²) in [5.74, 6) is 0.564. The van der Waals surface area contributed by atoms with Crippen LogP contribution in [0.1, 0.15) is 35.4 Å². The van der Waals surface area contributed by atoms with Crippen LogP contribution in [-0.4, -0.2) is 26.6 Å². The molecule has 0 radical (unpaired) electrons. The van der Waals surface area contributed by atoms with Crippen molar-refractivity contribution in [3.63, 3.8) is 0 Å². The highest BCUT2D eigenvalue weighted by Crippen LogP contribution is 2.35. The van der Waals surface area contributed by atoms with Gasteiger partial charge in [0.15, 0.2) is 0 Å². The van der Waals surface area contributed by atoms with Gasteiger partial charge < -0.3 is 4.90 Å². The molecular formula is C19H19N3OS. The molecule has 0 fully saturated rings. The molecule has 0 saturated carbocycles. The zero-order valence-corrected chi connectivity index (χ0v) is 14.4. The van der Waals surface area contributed by atoms with E-state index in [9.17, 15) is 4.79 Å². The fraction of sp³-hybridized carbons (Fsp3) is 0.316. The second-order valence-corrected chi connectivity index (χ2v) is 7.00. The molecule has 0 bridgehead atoms. The fourth-order valence-corrected chi connectivity index (χ4v) is 4.03. The van der Waals surface area contributed by atoms with Gasteiger partial charge in [-0.1, -0.05) is 30.3 Å². The van der Waals surface area contributed by atoms with E-state index in [1.807, 2.05) is 30.1 Å². The van der Waals surface area contributed by atoms with Crippen LogP contribution in [0.2, 0.25) is 0 Å². The summed E-state index contributed by atoms with van der Waals surface area (Å²) in [6.45, 7) is 0.612. The number of carbonyl (C=O) groups excluding carboxylic acids is 1. The maximum absolute atomic E-state index is 12.6. The molecule has 1 heterocycles. The molecule has 0 aliphatic heterocycles. The minimum absolute atomic E-state index is 0.202. The standard InChI is InChI=1S/C19H19N3OS/c1-22(12-13-6-9-17-18(10-13)21-24-20-17)19(23)11-15-8-7-14-4-2-3-5-16(14)15/h2-6,9-10,15H,7-8,11-12H2,1H3/t15-/m1/s1. The van der Waals surface area contributed by atoms with Crippen LogP contribution in [0.25, 0.3) is 11.0 Å². The predicted molar refractivity (Wildman–Crippen MR) is 96.0 cm³/mol. The molecule has 0 N–H and O–H groups in total. The summed E-state index contributed by atoms with van der Waals surface area (Å²) in [4.78, 5) is 14.4. The van der Waals surface area contributed by atoms with Gasteiger partial charge in [0.05, 0.1) is 11.7 Å². The molecule has 0 unspecified atom stereocenters. The molecular weight excluding hydrogens is 318 g/mol. The lowest BCUT2D eigenvalue weighted by Crippen LogP contribution is -2.27. The van der Waals surface area contributed by atoms with E-state index in [-0.39, 0.29) is 5.91 Å². The summed E-state index contributed by atoms with van der Waals surface area (Å²) in [6, 6.07) is 14.5. The molecule has 1 amide bonds. The Kier molecular flexibility index (Phi) is 4.02. The zero-order chi connectivity index (χ0) is 16.5. The Hall–Kier alpha value is -2.27. The molecule has 3 aromatic rings. The number of carbonyl (C=O) groups is 1. The van der Waals surface area contributed by atoms with Crippen LogP contribution in [0.5, 0.6) is 0 Å². The van der Waals surface area contributed by atoms with Gasteiger partial charge in [0.1, 0.15) is 11.0 Å². The summed E-state index contributed by atoms with van der Waals surface area (Å²) in [6.07, 6.45) is 2.76. The second kappa shape index (κ2) is 6.32. The quantitative estimate of drug-likeness (QED) is 0.728. The lowest BCUT2D eigenvalue weighted by molar-refractivity contribution is -0.130. The molecule has 4 rings (SSSR count). The molecule has 2 aromatic carbocycles. The number of hydrogen-bond acceptors (Lipinski definition) is 4. The maximum atomic E-state index is 12.6. The SMILES string of the molecule is CN(Cc1ccc2nsnc2c1)C(=O)C[C@H]1CCc2ccccc21. The molecule has 24 heavy (non-hydrogen) atoms. The van der Waals surface area contributed by atoms with E-state index in [1.165, 1.54) is 22.9 Å². The van der Waals surface area contributed by atoms with Gasteiger partial charge in [0.25, 0.3) is 0 Å². The number of fused-ring (bicyclic) bond motifs is 2. The van der Waals surface area contributed by atoms with Gasteiger partial charge in [-0.3, -0.25) is 4.79 Å². The summed E-state index contributed by atoms with van der Waals surface area (Å²) in [7, 11) is 1.88. The van der Waals surface area contributed by atoms with Crippen molar-refractivity contribution in [3.8, 4) is 0 Å². The molecule has 5 heteroatoms. The first kappa shape index (κ1) is 15.3. The Labute approximate surface area is 145 Å². The van der Waals surface area contributed by atoms with Crippen LogP contribution in [0.4, 0.5) is 0 Å². The Balaban J connectivity index is 1.43. The number of benzene rings is 2. The van der Waals surface area contributed by atoms with E-state index in [0.717, 1.165) is 29.4 Å². The van der Waals surface area contributed by atoms with Crippen molar-refractivity contribution in [1.29, 1.82) is 0 Å². The fourth-order valence-electron chi connectivity index (χ4n) is 3.51. The molecule has 0 saturated heterocycles. The third-order valence-corrected chi connectivity index (χ3v) is 5.40. The third-order valence-electron chi connectivity index (χ3n) is 4.84. The monoisotopic (exact) mass is 337 g/mol. The number of aryl methyl sites for hydroxylation is 1. The third kappa shape index (κ3) is 2.91. The summed E-state index contributed by atoms with van der Waals surface area (Å²) in [5, 5.41) is 0. The average molecular weight is 337 g/mol. The van der Waals surface area contributed by atoms with Gasteiger partial charge in [-0.25, -0.2) is 0 Å². The smallest absolute Gasteiger partial charge is 0.223 e. The van der Waals surface area contributed by atoms with Crippen LogP contribution < -0.4 is 0 Å². The molecule has 1 atom stereocenters. The molecule has 1 aliphatic rings. The number of hydrogen-bond donors (Lipinski definition) is 0. The first-order valence-electron chi connectivity index (χ1n) is 8.23. The van der Waals surface area contributed by atoms with Gasteiger partial charge in [-0.05, 0) is 47.6 Å². The van der Waals surface area contributed by atoms with Crippen molar-refractivity contribution in [2.45, 2.75) is 31.7 Å². The topological polar surface area (TPSA) is 46.1 Å². The van der Waals surface area contributed by atoms with Gasteiger partial charge in [-0.2, -0.15) is 8.75 Å². The van der Waals surface area contributed by atoms with E-state index in [2.05, 4.69) is 33.0 Å². The average Bonchev–Trinajstić information content (AvgIpc) is 3.21. The van der Waals surface area contributed by atoms with E-state index >= 15 is 0 Å². The lowest BCUT2D eigenvalue weighted by Gasteiger charge is -2.20. The van der Waals surface area contributed by atoms with Crippen molar-refractivity contribution in [1.82, 2.24) is 13.6 Å². The number of nitrogens with zero attached hydrogens (tertiary/aromatic N) is 3. The Morgan fingerprint density at radius 2 is 2.04 bits per heavy atom. The Morgan fingerprint density at radius 1 is 1.21 bits per heavy atom. The number of amides is 1. The highest BCUT2D eigenvalue weighted by atomic mass is 32.1. The normalized spacial score (nSPS) is 16.3. The molecule has 122 valence electrons. The predicted octanol–water partition coefficient (Wildman–Crippen LogP) is 3.77. The zero-order valence-electron chi connectivity index (χ0n) is 13.6. The van der Waals surface area contributed by atoms with Gasteiger partial charge >= 0.3 is 0 Å². The van der Waals surface area contributed by atoms with Crippen molar-refractivity contribution >= 4 is 28.7 Å². The summed E-state index contributed by atoms with van der Waals surface area (Å²) >= 11 is 1.22. The van der Waals surface area contributed by atoms with Crippen molar-refractivity contribution in [2.24, 2.45) is 0 Å². The van der Waals surface area contributed by atoms with Crippen LogP contribution >= 0.6 is 11.7 Å². The van der Waals surface area contributed by atoms with E-state index in [4.69, 9.17) is 0 Å². The van der Waals surface area contributed by atoms with Crippen LogP contribution in [-0.2, 0) is 17.8 Å². The van der Waals surface area contributed by atoms with Crippen molar-refractivity contribution < 1.29 is 4.79 Å². The lowest BCUT2D eigenvalue weighted by atomic mass is 9.97. The van der Waals surface area contributed by atoms with Gasteiger partial charge in [0, 0.05) is 20.0 Å². The first-order chi connectivity index (χ1) is 11.7. The van der Waals surface area contributed by atoms with Gasteiger partial charge in [0.2, 0.25) is 5.91 Å². The van der Waals surface area contributed by atoms with Crippen molar-refractivity contribution in [3.05, 3.63) is 59.2 Å². The summed E-state index contributed by atoms with van der Waals surface area (Å²) < 4.78 is 8.48. The minimum atomic E-state index is 0.202. The van der Waals surface area contributed by atoms with Crippen LogP contribution in [0.15, 0.2) is 42.5 Å². The largest absolute Gasteiger partial charge is 0.341 e. The molecule has 4 nitrogen and oxygen atoms in total. The molecule has 0 spiro atoms. The van der Waals surface area contributed by atoms with E-state index in [0.29, 0.717) is 18.9 Å². The first-order valence-corrected chi connectivity index (χ1v) is 8.97. The van der Waals surface area contributed by atoms with E-state index in [1.54, 1.807) is 0 Å². The Morgan fingerprint density at radius 3 is 2.96 bits per heavy atom. The second-order valence-electron chi connectivity index (χ2n) is 6.48. The van der Waals surface area contributed by atoms with E-state index < -0.39 is 0 Å². The molecule has 1 aliphatic carbocycles. The Bertz CT molecular complexity index is 889. The molecule has 1 aromatic heterocycles. The number of aromatic nitrogens is 2. The van der Waals surface area contributed by atoms with Gasteiger partial charge in [-0.15, -0.1) is 0 Å². The minimum Gasteiger partial charge on any atom is -0.341 e. The highest BCUT2D eigenvalue weighted by molar-refractivity contribution is 7.00. The van der Waals surface area contributed by atoms with Crippen molar-refractivity contribution in [2.75, 3.05) is 7.05 Å². The number of rotatable bonds is 4. The maximum Gasteiger partial charge on any atom is 0.223 e. The highest BCUT2D eigenvalue weighted by Gasteiger charge is 2.25. The van der Waals surface area contributed by atoms with Crippen LogP contribution in [0, 0.1) is 0 Å². The van der Waals surface area contributed by atoms with Crippen LogP contribution in [0.3, 0.4) is 0 Å². The summed E-state index contributed by atoms with van der Waals surface area (Å²) in [5.41, 5.74) is 5.68.